The maximum atomic E-state index is 14.6. The van der Waals surface area contributed by atoms with Gasteiger partial charge in [-0.1, -0.05) is 17.6 Å². The summed E-state index contributed by atoms with van der Waals surface area (Å²) in [7, 11) is 0. The lowest BCUT2D eigenvalue weighted by Crippen LogP contribution is -2.26. The Morgan fingerprint density at radius 2 is 1.64 bits per heavy atom. The van der Waals surface area contributed by atoms with Crippen LogP contribution < -0.4 is 5.01 Å². The summed E-state index contributed by atoms with van der Waals surface area (Å²) in [6, 6.07) is 5.53. The van der Waals surface area contributed by atoms with Crippen LogP contribution >= 0.6 is 0 Å². The number of carbonyl (C=O) groups excluding carboxylic acids is 1. The molecule has 2 heterocycles. The van der Waals surface area contributed by atoms with Crippen LogP contribution in [-0.4, -0.2) is 16.2 Å². The Kier molecular flexibility index (Phi) is 5.95. The fourth-order valence-electron chi connectivity index (χ4n) is 4.13. The predicted molar refractivity (Wildman–Crippen MR) is 120 cm³/mol. The van der Waals surface area contributed by atoms with E-state index in [2.05, 4.69) is 11.0 Å². The number of hydrogen-bond donors (Lipinski definition) is 0. The predicted octanol–water partition coefficient (Wildman–Crippen LogP) is 6.27. The molecule has 0 spiro atoms. The van der Waals surface area contributed by atoms with Crippen LogP contribution in [0.25, 0.3) is 17.0 Å². The molecule has 0 N–H and O–H groups in total. The summed E-state index contributed by atoms with van der Waals surface area (Å²) in [5.41, 5.74) is -1.85. The van der Waals surface area contributed by atoms with Gasteiger partial charge in [0, 0.05) is 22.2 Å². The molecule has 3 aromatic rings. The minimum atomic E-state index is -5.71. The highest BCUT2D eigenvalue weighted by molar-refractivity contribution is 6.32. The third-order valence-electron chi connectivity index (χ3n) is 5.86. The number of fused-ring (bicyclic) bond motifs is 1. The van der Waals surface area contributed by atoms with Gasteiger partial charge in [0.15, 0.2) is 23.3 Å². The number of rotatable bonds is 3. The highest BCUT2D eigenvalue weighted by atomic mass is 19.4. The average molecular weight is 507 g/mol. The third kappa shape index (κ3) is 3.73. The van der Waals surface area contributed by atoms with Gasteiger partial charge in [-0.3, -0.25) is 4.79 Å². The Morgan fingerprint density at radius 1 is 1.03 bits per heavy atom. The second-order valence-electron chi connectivity index (χ2n) is 8.15. The smallest absolute Gasteiger partial charge is 0.333 e. The van der Waals surface area contributed by atoms with Crippen LogP contribution in [-0.2, 0) is 17.5 Å². The van der Waals surface area contributed by atoms with Gasteiger partial charge in [-0.25, -0.2) is 17.6 Å². The molecule has 0 unspecified atom stereocenters. The number of anilines is 1. The van der Waals surface area contributed by atoms with Gasteiger partial charge in [-0.2, -0.15) is 23.3 Å². The molecule has 0 aliphatic carbocycles. The van der Waals surface area contributed by atoms with E-state index in [1.165, 1.54) is 13.0 Å². The summed E-state index contributed by atoms with van der Waals surface area (Å²) in [6.07, 6.45) is 1.15. The summed E-state index contributed by atoms with van der Waals surface area (Å²) in [5.74, 6) is -8.82. The largest absolute Gasteiger partial charge is 0.422 e. The Bertz CT molecular complexity index is 1530. The molecule has 0 fully saturated rings. The van der Waals surface area contributed by atoms with Crippen molar-refractivity contribution in [2.45, 2.75) is 33.5 Å². The zero-order chi connectivity index (χ0) is 26.7. The zero-order valence-corrected chi connectivity index (χ0v) is 19.0. The van der Waals surface area contributed by atoms with Gasteiger partial charge in [0.1, 0.15) is 11.3 Å². The van der Waals surface area contributed by atoms with Crippen molar-refractivity contribution in [1.82, 2.24) is 4.57 Å². The van der Waals surface area contributed by atoms with Gasteiger partial charge >= 0.3 is 6.18 Å². The van der Waals surface area contributed by atoms with Crippen LogP contribution in [0.5, 0.6) is 0 Å². The molecule has 11 heteroatoms. The number of aromatic nitrogens is 1. The van der Waals surface area contributed by atoms with E-state index in [-0.39, 0.29) is 22.8 Å². The third-order valence-corrected chi connectivity index (χ3v) is 5.86. The summed E-state index contributed by atoms with van der Waals surface area (Å²) < 4.78 is 98.0. The molecule has 1 aliphatic heterocycles. The zero-order valence-electron chi connectivity index (χ0n) is 19.0. The standard InChI is InChI=1S/C25H16F7N3O/c1-5-8-34-13(4)15(16-9-11(2)6-7-17(16)34)10-14-12(3)33-35(24(14)36)23-21(28)19(26)18(25(30,31)32)20(27)22(23)29/h1,6-7,9-10H,8H2,2-4H3/b14-10+. The molecule has 0 bridgehead atoms. The molecule has 0 saturated heterocycles. The number of amides is 1. The van der Waals surface area contributed by atoms with Crippen molar-refractivity contribution >= 4 is 34.3 Å². The molecule has 4 rings (SSSR count). The number of carbonyl (C=O) groups is 1. The van der Waals surface area contributed by atoms with Gasteiger partial charge in [0.05, 0.1) is 17.8 Å². The Balaban J connectivity index is 1.89. The van der Waals surface area contributed by atoms with Crippen LogP contribution in [0.4, 0.5) is 36.4 Å². The van der Waals surface area contributed by atoms with E-state index >= 15 is 0 Å². The molecular weight excluding hydrogens is 491 g/mol. The number of nitrogens with zero attached hydrogens (tertiary/aromatic N) is 3. The van der Waals surface area contributed by atoms with Crippen LogP contribution in [0.15, 0.2) is 28.9 Å². The molecule has 1 aliphatic rings. The van der Waals surface area contributed by atoms with Crippen molar-refractivity contribution in [3.05, 3.63) is 69.4 Å². The minimum absolute atomic E-state index is 0.0132. The quantitative estimate of drug-likeness (QED) is 0.178. The Labute approximate surface area is 200 Å². The minimum Gasteiger partial charge on any atom is -0.333 e. The second kappa shape index (κ2) is 8.55. The Hall–Kier alpha value is -4.07. The molecule has 0 saturated carbocycles. The molecule has 1 aromatic heterocycles. The van der Waals surface area contributed by atoms with E-state index in [4.69, 9.17) is 6.42 Å². The first-order valence-electron chi connectivity index (χ1n) is 10.4. The van der Waals surface area contributed by atoms with Crippen molar-refractivity contribution in [2.24, 2.45) is 5.10 Å². The molecule has 1 amide bonds. The average Bonchev–Trinajstić information content (AvgIpc) is 3.20. The van der Waals surface area contributed by atoms with E-state index < -0.39 is 46.6 Å². The van der Waals surface area contributed by atoms with E-state index in [1.807, 2.05) is 29.7 Å². The van der Waals surface area contributed by atoms with Crippen molar-refractivity contribution in [3.8, 4) is 12.3 Å². The molecule has 4 nitrogen and oxygen atoms in total. The van der Waals surface area contributed by atoms with E-state index in [1.54, 1.807) is 6.92 Å². The van der Waals surface area contributed by atoms with Crippen molar-refractivity contribution in [3.63, 3.8) is 0 Å². The number of hydrazone groups is 1. The van der Waals surface area contributed by atoms with Crippen LogP contribution in [0.3, 0.4) is 0 Å². The SMILES string of the molecule is C#CCn1c(C)c(/C=C2/C(=O)N(c3c(F)c(F)c(C(F)(F)F)c(F)c3F)N=C2C)c2cc(C)ccc21. The molecule has 2 aromatic carbocycles. The number of terminal acetylenes is 1. The van der Waals surface area contributed by atoms with Crippen LogP contribution in [0.1, 0.15) is 29.3 Å². The van der Waals surface area contributed by atoms with Crippen LogP contribution in [0, 0.1) is 49.5 Å². The Morgan fingerprint density at radius 3 is 2.19 bits per heavy atom. The van der Waals surface area contributed by atoms with Crippen LogP contribution in [0.2, 0.25) is 0 Å². The van der Waals surface area contributed by atoms with Gasteiger partial charge in [0.25, 0.3) is 5.91 Å². The maximum Gasteiger partial charge on any atom is 0.422 e. The molecule has 0 atom stereocenters. The van der Waals surface area contributed by atoms with Gasteiger partial charge in [-0.05, 0) is 39.0 Å². The van der Waals surface area contributed by atoms with Crippen molar-refractivity contribution in [2.75, 3.05) is 5.01 Å². The van der Waals surface area contributed by atoms with E-state index in [0.29, 0.717) is 16.6 Å². The van der Waals surface area contributed by atoms with Crippen molar-refractivity contribution in [1.29, 1.82) is 0 Å². The highest BCUT2D eigenvalue weighted by Gasteiger charge is 2.45. The summed E-state index contributed by atoms with van der Waals surface area (Å²) in [5, 5.41) is 4.40. The lowest BCUT2D eigenvalue weighted by Gasteiger charge is -2.18. The topological polar surface area (TPSA) is 37.6 Å². The molecular formula is C25H16F7N3O. The summed E-state index contributed by atoms with van der Waals surface area (Å²) in [4.78, 5) is 13.1. The lowest BCUT2D eigenvalue weighted by molar-refractivity contribution is -0.143. The number of aryl methyl sites for hydroxylation is 1. The number of benzene rings is 2. The summed E-state index contributed by atoms with van der Waals surface area (Å²) >= 11 is 0. The first-order valence-corrected chi connectivity index (χ1v) is 10.4. The first kappa shape index (κ1) is 25.0. The van der Waals surface area contributed by atoms with Gasteiger partial charge < -0.3 is 4.57 Å². The summed E-state index contributed by atoms with van der Waals surface area (Å²) in [6.45, 7) is 5.10. The highest BCUT2D eigenvalue weighted by Crippen LogP contribution is 2.41. The van der Waals surface area contributed by atoms with E-state index in [9.17, 15) is 35.5 Å². The number of halogens is 7. The maximum absolute atomic E-state index is 14.6. The van der Waals surface area contributed by atoms with E-state index in [0.717, 1.165) is 11.1 Å². The van der Waals surface area contributed by atoms with Gasteiger partial charge in [-0.15, -0.1) is 6.42 Å². The lowest BCUT2D eigenvalue weighted by atomic mass is 10.0. The monoisotopic (exact) mass is 507 g/mol. The van der Waals surface area contributed by atoms with Gasteiger partial charge in [0.2, 0.25) is 0 Å². The fraction of sp³-hybridized carbons (Fsp3) is 0.200. The number of alkyl halides is 3. The van der Waals surface area contributed by atoms with Crippen molar-refractivity contribution < 1.29 is 35.5 Å². The number of hydrogen-bond acceptors (Lipinski definition) is 2. The second-order valence-corrected chi connectivity index (χ2v) is 8.15. The molecule has 36 heavy (non-hydrogen) atoms. The molecule has 186 valence electrons. The molecule has 0 radical (unpaired) electrons. The normalized spacial score (nSPS) is 15.2. The fourth-order valence-corrected chi connectivity index (χ4v) is 4.13. The first-order chi connectivity index (χ1) is 16.8.